The van der Waals surface area contributed by atoms with Crippen molar-refractivity contribution < 1.29 is 0 Å². The number of thioether (sulfide) groups is 1. The quantitative estimate of drug-likeness (QED) is 0.784. The molecule has 1 aliphatic heterocycles. The number of nitrogens with zero attached hydrogens (tertiary/aromatic N) is 3. The molecule has 2 rings (SSSR count). The van der Waals surface area contributed by atoms with E-state index >= 15 is 0 Å². The van der Waals surface area contributed by atoms with Gasteiger partial charge in [-0.25, -0.2) is 4.98 Å². The molecule has 1 aliphatic rings. The molecule has 5 heteroatoms. The lowest BCUT2D eigenvalue weighted by atomic mass is 9.96. The molecule has 1 aromatic rings. The van der Waals surface area contributed by atoms with Gasteiger partial charge in [0.1, 0.15) is 5.82 Å². The van der Waals surface area contributed by atoms with Gasteiger partial charge in [0.25, 0.3) is 0 Å². The van der Waals surface area contributed by atoms with Crippen LogP contribution in [0.4, 0.5) is 5.13 Å². The van der Waals surface area contributed by atoms with Crippen LogP contribution in [0.25, 0.3) is 0 Å². The molecule has 2 atom stereocenters. The van der Waals surface area contributed by atoms with Gasteiger partial charge in [-0.05, 0) is 6.92 Å². The summed E-state index contributed by atoms with van der Waals surface area (Å²) in [5.41, 5.74) is 0.0497. The van der Waals surface area contributed by atoms with Crippen LogP contribution in [0.15, 0.2) is 0 Å². The third kappa shape index (κ3) is 2.76. The Bertz CT molecular complexity index is 383. The van der Waals surface area contributed by atoms with Crippen molar-refractivity contribution in [3.8, 4) is 0 Å². The van der Waals surface area contributed by atoms with E-state index in [0.717, 1.165) is 17.5 Å². The summed E-state index contributed by atoms with van der Waals surface area (Å²) in [6.07, 6.45) is 0. The molecule has 0 aliphatic carbocycles. The number of hydrogen-bond donors (Lipinski definition) is 0. The maximum absolute atomic E-state index is 4.71. The molecule has 0 aromatic carbocycles. The highest BCUT2D eigenvalue weighted by atomic mass is 32.2. The van der Waals surface area contributed by atoms with Crippen LogP contribution < -0.4 is 4.90 Å². The molecule has 3 nitrogen and oxygen atoms in total. The SMILES string of the molecule is CC1SCCN(c2nc(C(C)(C)C)ns2)C1C. The minimum absolute atomic E-state index is 0.0497. The van der Waals surface area contributed by atoms with Crippen LogP contribution in [-0.4, -0.2) is 32.9 Å². The van der Waals surface area contributed by atoms with Gasteiger partial charge >= 0.3 is 0 Å². The van der Waals surface area contributed by atoms with Crippen molar-refractivity contribution in [3.05, 3.63) is 5.82 Å². The molecule has 0 N–H and O–H groups in total. The van der Waals surface area contributed by atoms with Gasteiger partial charge in [0.05, 0.1) is 0 Å². The number of rotatable bonds is 1. The highest BCUT2D eigenvalue weighted by Gasteiger charge is 2.29. The predicted octanol–water partition coefficient (Wildman–Crippen LogP) is 3.17. The van der Waals surface area contributed by atoms with E-state index in [-0.39, 0.29) is 5.41 Å². The van der Waals surface area contributed by atoms with Gasteiger partial charge in [0.15, 0.2) is 0 Å². The Morgan fingerprint density at radius 1 is 1.29 bits per heavy atom. The molecule has 0 spiro atoms. The van der Waals surface area contributed by atoms with Crippen molar-refractivity contribution >= 4 is 28.4 Å². The Kier molecular flexibility index (Phi) is 3.69. The summed E-state index contributed by atoms with van der Waals surface area (Å²) in [5.74, 6) is 2.16. The van der Waals surface area contributed by atoms with E-state index in [4.69, 9.17) is 4.98 Å². The van der Waals surface area contributed by atoms with Gasteiger partial charge in [-0.1, -0.05) is 27.7 Å². The van der Waals surface area contributed by atoms with Crippen LogP contribution in [0.5, 0.6) is 0 Å². The summed E-state index contributed by atoms with van der Waals surface area (Å²) in [5, 5.41) is 1.76. The molecule has 0 radical (unpaired) electrons. The first-order valence-corrected chi connectivity index (χ1v) is 7.94. The Labute approximate surface area is 112 Å². The van der Waals surface area contributed by atoms with Gasteiger partial charge in [0.2, 0.25) is 5.13 Å². The molecular formula is C12H21N3S2. The summed E-state index contributed by atoms with van der Waals surface area (Å²) < 4.78 is 4.50. The maximum Gasteiger partial charge on any atom is 0.205 e. The minimum atomic E-state index is 0.0497. The van der Waals surface area contributed by atoms with E-state index in [1.165, 1.54) is 5.75 Å². The second kappa shape index (κ2) is 4.76. The first kappa shape index (κ1) is 13.1. The van der Waals surface area contributed by atoms with E-state index in [9.17, 15) is 0 Å². The van der Waals surface area contributed by atoms with Gasteiger partial charge < -0.3 is 4.90 Å². The van der Waals surface area contributed by atoms with Crippen LogP contribution in [0.3, 0.4) is 0 Å². The number of aromatic nitrogens is 2. The highest BCUT2D eigenvalue weighted by Crippen LogP contribution is 2.31. The van der Waals surface area contributed by atoms with E-state index in [2.05, 4.69) is 55.7 Å². The fourth-order valence-electron chi connectivity index (χ4n) is 1.84. The Morgan fingerprint density at radius 3 is 2.59 bits per heavy atom. The Balaban J connectivity index is 2.19. The largest absolute Gasteiger partial charge is 0.342 e. The van der Waals surface area contributed by atoms with Crippen molar-refractivity contribution in [2.45, 2.75) is 51.3 Å². The van der Waals surface area contributed by atoms with E-state index in [1.807, 2.05) is 0 Å². The van der Waals surface area contributed by atoms with Gasteiger partial charge in [0, 0.05) is 40.5 Å². The van der Waals surface area contributed by atoms with E-state index in [1.54, 1.807) is 11.5 Å². The summed E-state index contributed by atoms with van der Waals surface area (Å²) in [4.78, 5) is 7.12. The zero-order chi connectivity index (χ0) is 12.6. The first-order chi connectivity index (χ1) is 7.89. The molecule has 1 saturated heterocycles. The zero-order valence-corrected chi connectivity index (χ0v) is 12.9. The average Bonchev–Trinajstić information content (AvgIpc) is 2.70. The zero-order valence-electron chi connectivity index (χ0n) is 11.2. The third-order valence-corrected chi connectivity index (χ3v) is 5.31. The average molecular weight is 271 g/mol. The molecule has 2 unspecified atom stereocenters. The summed E-state index contributed by atoms with van der Waals surface area (Å²) in [6.45, 7) is 12.2. The monoisotopic (exact) mass is 271 g/mol. The molecule has 1 fully saturated rings. The minimum Gasteiger partial charge on any atom is -0.342 e. The first-order valence-electron chi connectivity index (χ1n) is 6.12. The van der Waals surface area contributed by atoms with E-state index in [0.29, 0.717) is 11.3 Å². The van der Waals surface area contributed by atoms with Crippen LogP contribution in [0.1, 0.15) is 40.4 Å². The highest BCUT2D eigenvalue weighted by molar-refractivity contribution is 8.00. The van der Waals surface area contributed by atoms with Crippen LogP contribution in [0, 0.1) is 0 Å². The molecule has 17 heavy (non-hydrogen) atoms. The molecule has 1 aromatic heterocycles. The lowest BCUT2D eigenvalue weighted by Gasteiger charge is -2.37. The fraction of sp³-hybridized carbons (Fsp3) is 0.833. The molecular weight excluding hydrogens is 250 g/mol. The molecule has 0 amide bonds. The van der Waals surface area contributed by atoms with Gasteiger partial charge in [-0.2, -0.15) is 16.1 Å². The maximum atomic E-state index is 4.71. The van der Waals surface area contributed by atoms with Crippen molar-refractivity contribution in [1.29, 1.82) is 0 Å². The Hall–Kier alpha value is -0.290. The fourth-order valence-corrected chi connectivity index (χ4v) is 3.91. The summed E-state index contributed by atoms with van der Waals surface area (Å²) in [6, 6.07) is 0.550. The van der Waals surface area contributed by atoms with Gasteiger partial charge in [-0.15, -0.1) is 0 Å². The smallest absolute Gasteiger partial charge is 0.205 e. The predicted molar refractivity (Wildman–Crippen MR) is 77.3 cm³/mol. The van der Waals surface area contributed by atoms with Crippen molar-refractivity contribution in [2.75, 3.05) is 17.2 Å². The van der Waals surface area contributed by atoms with E-state index < -0.39 is 0 Å². The lowest BCUT2D eigenvalue weighted by Crippen LogP contribution is -2.44. The number of hydrogen-bond acceptors (Lipinski definition) is 5. The second-order valence-corrected chi connectivity index (χ2v) is 7.88. The summed E-state index contributed by atoms with van der Waals surface area (Å²) >= 11 is 3.60. The van der Waals surface area contributed by atoms with Crippen LogP contribution >= 0.6 is 23.3 Å². The molecule has 96 valence electrons. The van der Waals surface area contributed by atoms with Crippen molar-refractivity contribution in [3.63, 3.8) is 0 Å². The Morgan fingerprint density at radius 2 is 2.00 bits per heavy atom. The molecule has 0 bridgehead atoms. The lowest BCUT2D eigenvalue weighted by molar-refractivity contribution is 0.551. The third-order valence-electron chi connectivity index (χ3n) is 3.22. The van der Waals surface area contributed by atoms with Crippen molar-refractivity contribution in [2.24, 2.45) is 0 Å². The standard InChI is InChI=1S/C12H21N3S2/c1-8-9(2)16-7-6-15(8)11-13-10(14-17-11)12(3,4)5/h8-9H,6-7H2,1-5H3. The molecule has 2 heterocycles. The second-order valence-electron chi connectivity index (χ2n) is 5.66. The molecule has 0 saturated carbocycles. The van der Waals surface area contributed by atoms with Crippen LogP contribution in [-0.2, 0) is 5.41 Å². The normalized spacial score (nSPS) is 26.3. The number of anilines is 1. The van der Waals surface area contributed by atoms with Crippen molar-refractivity contribution in [1.82, 2.24) is 9.36 Å². The topological polar surface area (TPSA) is 29.0 Å². The summed E-state index contributed by atoms with van der Waals surface area (Å²) in [7, 11) is 0. The van der Waals surface area contributed by atoms with Gasteiger partial charge in [-0.3, -0.25) is 0 Å². The van der Waals surface area contributed by atoms with Crippen LogP contribution in [0.2, 0.25) is 0 Å².